The van der Waals surface area contributed by atoms with Gasteiger partial charge in [0.25, 0.3) is 11.6 Å². The highest BCUT2D eigenvalue weighted by Crippen LogP contribution is 2.27. The van der Waals surface area contributed by atoms with Crippen molar-refractivity contribution in [1.82, 2.24) is 0 Å². The van der Waals surface area contributed by atoms with Gasteiger partial charge in [0.05, 0.1) is 11.5 Å². The molecule has 0 bridgehead atoms. The number of carbonyl (C=O) groups excluding carboxylic acids is 2. The fraction of sp³-hybridized carbons (Fsp3) is 0.222. The smallest absolute Gasteiger partial charge is 0.344 e. The maximum absolute atomic E-state index is 11.9. The van der Waals surface area contributed by atoms with Gasteiger partial charge in [-0.1, -0.05) is 11.6 Å². The van der Waals surface area contributed by atoms with E-state index < -0.39 is 30.0 Å². The Kier molecular flexibility index (Phi) is 7.58. The van der Waals surface area contributed by atoms with Gasteiger partial charge in [0.1, 0.15) is 17.2 Å². The molecule has 2 rings (SSSR count). The topological polar surface area (TPSA) is 117 Å². The van der Waals surface area contributed by atoms with Crippen LogP contribution in [0.4, 0.5) is 11.4 Å². The average molecular weight is 409 g/mol. The first-order valence-corrected chi connectivity index (χ1v) is 8.52. The quantitative estimate of drug-likeness (QED) is 0.384. The average Bonchev–Trinajstić information content (AvgIpc) is 2.66. The summed E-state index contributed by atoms with van der Waals surface area (Å²) in [5.41, 5.74) is -0.424. The minimum absolute atomic E-state index is 0.0933. The molecule has 2 aromatic rings. The first-order chi connectivity index (χ1) is 13.4. The van der Waals surface area contributed by atoms with Gasteiger partial charge in [-0.15, -0.1) is 0 Å². The standard InChI is InChI=1S/C18H17ClN2O7/c1-2-26-13-4-6-14(7-5-13)27-11-18(23)28-10-17(22)20-15-9-12(19)3-8-16(15)21(24)25/h3-9H,2,10-11H2,1H3,(H,20,22). The Hall–Kier alpha value is -3.33. The molecule has 0 aliphatic carbocycles. The first kappa shape index (κ1) is 21.0. The van der Waals surface area contributed by atoms with Crippen LogP contribution in [0.25, 0.3) is 0 Å². The summed E-state index contributed by atoms with van der Waals surface area (Å²) in [6.07, 6.45) is 0. The normalized spacial score (nSPS) is 10.1. The summed E-state index contributed by atoms with van der Waals surface area (Å²) in [4.78, 5) is 33.9. The van der Waals surface area contributed by atoms with Crippen molar-refractivity contribution in [3.05, 3.63) is 57.6 Å². The second-order valence-corrected chi connectivity index (χ2v) is 5.76. The number of anilines is 1. The van der Waals surface area contributed by atoms with Gasteiger partial charge in [-0.05, 0) is 43.3 Å². The third-order valence-electron chi connectivity index (χ3n) is 3.29. The van der Waals surface area contributed by atoms with E-state index in [1.54, 1.807) is 24.3 Å². The van der Waals surface area contributed by atoms with Crippen LogP contribution in [0.3, 0.4) is 0 Å². The van der Waals surface area contributed by atoms with E-state index in [-0.39, 0.29) is 16.4 Å². The highest BCUT2D eigenvalue weighted by molar-refractivity contribution is 6.31. The lowest BCUT2D eigenvalue weighted by Crippen LogP contribution is -2.24. The first-order valence-electron chi connectivity index (χ1n) is 8.14. The van der Waals surface area contributed by atoms with E-state index >= 15 is 0 Å². The molecule has 1 amide bonds. The molecular weight excluding hydrogens is 392 g/mol. The van der Waals surface area contributed by atoms with Gasteiger partial charge in [-0.3, -0.25) is 14.9 Å². The molecule has 28 heavy (non-hydrogen) atoms. The number of hydrogen-bond donors (Lipinski definition) is 1. The van der Waals surface area contributed by atoms with Crippen LogP contribution in [0, 0.1) is 10.1 Å². The molecule has 1 N–H and O–H groups in total. The van der Waals surface area contributed by atoms with Crippen molar-refractivity contribution >= 4 is 34.9 Å². The maximum Gasteiger partial charge on any atom is 0.344 e. The number of nitrogens with zero attached hydrogens (tertiary/aromatic N) is 1. The summed E-state index contributed by atoms with van der Waals surface area (Å²) in [5, 5.41) is 13.5. The molecule has 0 fully saturated rings. The van der Waals surface area contributed by atoms with Gasteiger partial charge in [-0.25, -0.2) is 4.79 Å². The lowest BCUT2D eigenvalue weighted by Gasteiger charge is -2.09. The summed E-state index contributed by atoms with van der Waals surface area (Å²) < 4.78 is 15.3. The van der Waals surface area contributed by atoms with Crippen LogP contribution in [0.1, 0.15) is 6.92 Å². The molecular formula is C18H17ClN2O7. The molecule has 0 radical (unpaired) electrons. The highest BCUT2D eigenvalue weighted by Gasteiger charge is 2.17. The van der Waals surface area contributed by atoms with E-state index in [0.29, 0.717) is 18.1 Å². The van der Waals surface area contributed by atoms with Gasteiger partial charge in [0.15, 0.2) is 13.2 Å². The zero-order chi connectivity index (χ0) is 20.5. The molecule has 2 aromatic carbocycles. The Morgan fingerprint density at radius 1 is 1.07 bits per heavy atom. The summed E-state index contributed by atoms with van der Waals surface area (Å²) in [6.45, 7) is 1.36. The van der Waals surface area contributed by atoms with E-state index in [4.69, 9.17) is 25.8 Å². The molecule has 148 valence electrons. The Bertz CT molecular complexity index is 856. The molecule has 9 nitrogen and oxygen atoms in total. The number of rotatable bonds is 9. The van der Waals surface area contributed by atoms with Crippen molar-refractivity contribution < 1.29 is 28.7 Å². The van der Waals surface area contributed by atoms with Crippen LogP contribution in [-0.2, 0) is 14.3 Å². The number of amides is 1. The zero-order valence-corrected chi connectivity index (χ0v) is 15.6. The van der Waals surface area contributed by atoms with Crippen LogP contribution in [-0.4, -0.2) is 36.6 Å². The number of ether oxygens (including phenoxy) is 3. The van der Waals surface area contributed by atoms with E-state index in [0.717, 1.165) is 6.07 Å². The second-order valence-electron chi connectivity index (χ2n) is 5.32. The zero-order valence-electron chi connectivity index (χ0n) is 14.8. The number of hydrogen-bond acceptors (Lipinski definition) is 7. The van der Waals surface area contributed by atoms with Crippen LogP contribution >= 0.6 is 11.6 Å². The Morgan fingerprint density at radius 3 is 2.32 bits per heavy atom. The van der Waals surface area contributed by atoms with E-state index in [9.17, 15) is 19.7 Å². The molecule has 0 atom stereocenters. The third kappa shape index (κ3) is 6.44. The van der Waals surface area contributed by atoms with Gasteiger partial charge in [0, 0.05) is 11.1 Å². The van der Waals surface area contributed by atoms with E-state index in [2.05, 4.69) is 5.32 Å². The summed E-state index contributed by atoms with van der Waals surface area (Å²) in [7, 11) is 0. The van der Waals surface area contributed by atoms with Crippen LogP contribution < -0.4 is 14.8 Å². The summed E-state index contributed by atoms with van der Waals surface area (Å²) in [6, 6.07) is 10.4. The predicted molar refractivity (Wildman–Crippen MR) is 101 cm³/mol. The van der Waals surface area contributed by atoms with Gasteiger partial charge < -0.3 is 19.5 Å². The predicted octanol–water partition coefficient (Wildman–Crippen LogP) is 3.21. The minimum atomic E-state index is -0.773. The van der Waals surface area contributed by atoms with Crippen LogP contribution in [0.2, 0.25) is 5.02 Å². The highest BCUT2D eigenvalue weighted by atomic mass is 35.5. The number of nitro groups is 1. The van der Waals surface area contributed by atoms with Gasteiger partial charge in [-0.2, -0.15) is 0 Å². The van der Waals surface area contributed by atoms with Crippen molar-refractivity contribution in [2.45, 2.75) is 6.92 Å². The molecule has 0 spiro atoms. The Labute approximate surface area is 165 Å². The van der Waals surface area contributed by atoms with Gasteiger partial charge >= 0.3 is 5.97 Å². The van der Waals surface area contributed by atoms with Crippen LogP contribution in [0.15, 0.2) is 42.5 Å². The molecule has 0 saturated heterocycles. The molecule has 0 aliphatic heterocycles. The van der Waals surface area contributed by atoms with Gasteiger partial charge in [0.2, 0.25) is 0 Å². The lowest BCUT2D eigenvalue weighted by molar-refractivity contribution is -0.383. The molecule has 0 aliphatic rings. The molecule has 0 unspecified atom stereocenters. The summed E-state index contributed by atoms with van der Waals surface area (Å²) in [5.74, 6) is -0.423. The van der Waals surface area contributed by atoms with Crippen molar-refractivity contribution in [2.24, 2.45) is 0 Å². The number of benzene rings is 2. The number of esters is 1. The molecule has 0 saturated carbocycles. The lowest BCUT2D eigenvalue weighted by atomic mass is 10.2. The molecule has 10 heteroatoms. The maximum atomic E-state index is 11.9. The molecule has 0 aromatic heterocycles. The second kappa shape index (κ2) is 10.1. The minimum Gasteiger partial charge on any atom is -0.494 e. The van der Waals surface area contributed by atoms with E-state index in [1.807, 2.05) is 6.92 Å². The number of halogens is 1. The Morgan fingerprint density at radius 2 is 1.71 bits per heavy atom. The largest absolute Gasteiger partial charge is 0.494 e. The van der Waals surface area contributed by atoms with E-state index in [1.165, 1.54) is 12.1 Å². The van der Waals surface area contributed by atoms with Crippen molar-refractivity contribution in [2.75, 3.05) is 25.1 Å². The number of carbonyl (C=O) groups is 2. The van der Waals surface area contributed by atoms with Crippen molar-refractivity contribution in [3.8, 4) is 11.5 Å². The SMILES string of the molecule is CCOc1ccc(OCC(=O)OCC(=O)Nc2cc(Cl)ccc2[N+](=O)[O-])cc1. The van der Waals surface area contributed by atoms with Crippen LogP contribution in [0.5, 0.6) is 11.5 Å². The summed E-state index contributed by atoms with van der Waals surface area (Å²) >= 11 is 5.78. The monoisotopic (exact) mass is 408 g/mol. The fourth-order valence-corrected chi connectivity index (χ4v) is 2.25. The third-order valence-corrected chi connectivity index (χ3v) is 3.52. The molecule has 0 heterocycles. The van der Waals surface area contributed by atoms with Crippen molar-refractivity contribution in [3.63, 3.8) is 0 Å². The number of nitrogens with one attached hydrogen (secondary N) is 1. The van der Waals surface area contributed by atoms with Crippen molar-refractivity contribution in [1.29, 1.82) is 0 Å². The number of nitro benzene ring substituents is 1. The fourth-order valence-electron chi connectivity index (χ4n) is 2.08. The Balaban J connectivity index is 1.80.